The largest absolute Gasteiger partial charge is 0.325 e. The normalized spacial score (nSPS) is 11.2. The monoisotopic (exact) mass is 477 g/mol. The molecule has 0 saturated heterocycles. The third-order valence-corrected chi connectivity index (χ3v) is 6.13. The molecule has 0 saturated carbocycles. The SMILES string of the molecule is O=C(CSc1nnc2n(Cc3ccccc3)c(=O)c3ccccc3n12)Nc1ccc(F)c(F)c1. The van der Waals surface area contributed by atoms with E-state index in [4.69, 9.17) is 0 Å². The lowest BCUT2D eigenvalue weighted by Crippen LogP contribution is -2.24. The highest BCUT2D eigenvalue weighted by molar-refractivity contribution is 7.99. The molecule has 10 heteroatoms. The number of carbonyl (C=O) groups is 1. The molecule has 34 heavy (non-hydrogen) atoms. The van der Waals surface area contributed by atoms with E-state index < -0.39 is 17.5 Å². The number of nitrogens with zero attached hydrogens (tertiary/aromatic N) is 4. The number of fused-ring (bicyclic) bond motifs is 3. The van der Waals surface area contributed by atoms with Crippen LogP contribution in [0.5, 0.6) is 0 Å². The molecule has 1 amide bonds. The highest BCUT2D eigenvalue weighted by atomic mass is 32.2. The molecule has 2 heterocycles. The molecule has 7 nitrogen and oxygen atoms in total. The van der Waals surface area contributed by atoms with Gasteiger partial charge in [-0.15, -0.1) is 10.2 Å². The number of para-hydroxylation sites is 1. The van der Waals surface area contributed by atoms with E-state index in [1.807, 2.05) is 36.4 Å². The van der Waals surface area contributed by atoms with Crippen molar-refractivity contribution in [3.63, 3.8) is 0 Å². The Morgan fingerprint density at radius 3 is 2.50 bits per heavy atom. The summed E-state index contributed by atoms with van der Waals surface area (Å²) in [5.41, 5.74) is 1.52. The first-order valence-electron chi connectivity index (χ1n) is 10.3. The van der Waals surface area contributed by atoms with Crippen molar-refractivity contribution in [2.45, 2.75) is 11.7 Å². The van der Waals surface area contributed by atoms with Crippen LogP contribution < -0.4 is 10.9 Å². The summed E-state index contributed by atoms with van der Waals surface area (Å²) >= 11 is 1.12. The van der Waals surface area contributed by atoms with Gasteiger partial charge in [0.2, 0.25) is 11.7 Å². The number of benzene rings is 3. The van der Waals surface area contributed by atoms with E-state index in [1.54, 1.807) is 27.2 Å². The van der Waals surface area contributed by atoms with E-state index >= 15 is 0 Å². The summed E-state index contributed by atoms with van der Waals surface area (Å²) in [4.78, 5) is 25.6. The van der Waals surface area contributed by atoms with Gasteiger partial charge in [-0.1, -0.05) is 54.2 Å². The highest BCUT2D eigenvalue weighted by Gasteiger charge is 2.18. The number of rotatable bonds is 6. The number of hydrogen-bond donors (Lipinski definition) is 1. The molecule has 5 rings (SSSR count). The number of anilines is 1. The Kier molecular flexibility index (Phi) is 5.81. The molecule has 0 aliphatic heterocycles. The number of carbonyl (C=O) groups excluding carboxylic acids is 1. The van der Waals surface area contributed by atoms with Crippen molar-refractivity contribution in [2.24, 2.45) is 0 Å². The smallest absolute Gasteiger partial charge is 0.263 e. The zero-order chi connectivity index (χ0) is 23.7. The number of thioether (sulfide) groups is 1. The molecule has 170 valence electrons. The molecule has 0 bridgehead atoms. The van der Waals surface area contributed by atoms with Crippen molar-refractivity contribution in [3.05, 3.63) is 100 Å². The quantitative estimate of drug-likeness (QED) is 0.373. The van der Waals surface area contributed by atoms with Gasteiger partial charge in [0, 0.05) is 11.8 Å². The lowest BCUT2D eigenvalue weighted by molar-refractivity contribution is -0.113. The zero-order valence-electron chi connectivity index (χ0n) is 17.6. The minimum atomic E-state index is -1.04. The molecule has 0 spiro atoms. The second-order valence-electron chi connectivity index (χ2n) is 7.48. The summed E-state index contributed by atoms with van der Waals surface area (Å²) < 4.78 is 29.8. The van der Waals surface area contributed by atoms with Gasteiger partial charge >= 0.3 is 0 Å². The Labute approximate surface area is 196 Å². The molecular weight excluding hydrogens is 460 g/mol. The topological polar surface area (TPSA) is 81.3 Å². The number of hydrogen-bond acceptors (Lipinski definition) is 5. The number of aromatic nitrogens is 4. The lowest BCUT2D eigenvalue weighted by Gasteiger charge is -2.11. The summed E-state index contributed by atoms with van der Waals surface area (Å²) in [6.07, 6.45) is 0. The molecule has 2 aromatic heterocycles. The fourth-order valence-electron chi connectivity index (χ4n) is 3.64. The molecule has 0 fully saturated rings. The Hall–Kier alpha value is -4.05. The van der Waals surface area contributed by atoms with Crippen LogP contribution in [-0.4, -0.2) is 30.8 Å². The van der Waals surface area contributed by atoms with E-state index in [9.17, 15) is 18.4 Å². The number of nitrogens with one attached hydrogen (secondary N) is 1. The average molecular weight is 477 g/mol. The van der Waals surface area contributed by atoms with Gasteiger partial charge in [0.1, 0.15) is 0 Å². The second-order valence-corrected chi connectivity index (χ2v) is 8.42. The van der Waals surface area contributed by atoms with Crippen molar-refractivity contribution in [1.82, 2.24) is 19.2 Å². The van der Waals surface area contributed by atoms with Crippen molar-refractivity contribution in [1.29, 1.82) is 0 Å². The van der Waals surface area contributed by atoms with Crippen LogP contribution in [-0.2, 0) is 11.3 Å². The summed E-state index contributed by atoms with van der Waals surface area (Å²) in [7, 11) is 0. The van der Waals surface area contributed by atoms with E-state index in [2.05, 4.69) is 15.5 Å². The van der Waals surface area contributed by atoms with Gasteiger partial charge in [0.25, 0.3) is 5.56 Å². The predicted molar refractivity (Wildman–Crippen MR) is 126 cm³/mol. The first kappa shape index (κ1) is 21.8. The molecule has 0 radical (unpaired) electrons. The lowest BCUT2D eigenvalue weighted by atomic mass is 10.2. The Bertz CT molecular complexity index is 1580. The van der Waals surface area contributed by atoms with E-state index in [1.165, 1.54) is 6.07 Å². The third kappa shape index (κ3) is 4.15. The maximum Gasteiger partial charge on any atom is 0.263 e. The van der Waals surface area contributed by atoms with Gasteiger partial charge in [-0.2, -0.15) is 0 Å². The fraction of sp³-hybridized carbons (Fsp3) is 0.0833. The van der Waals surface area contributed by atoms with Gasteiger partial charge in [-0.05, 0) is 29.8 Å². The highest BCUT2D eigenvalue weighted by Crippen LogP contribution is 2.22. The summed E-state index contributed by atoms with van der Waals surface area (Å²) in [5.74, 6) is -2.15. The maximum atomic E-state index is 13.4. The van der Waals surface area contributed by atoms with Crippen LogP contribution in [0.15, 0.2) is 82.7 Å². The molecule has 0 unspecified atom stereocenters. The van der Waals surface area contributed by atoms with Crippen LogP contribution in [0.4, 0.5) is 14.5 Å². The van der Waals surface area contributed by atoms with Crippen LogP contribution in [0, 0.1) is 11.6 Å². The van der Waals surface area contributed by atoms with Gasteiger partial charge < -0.3 is 5.32 Å². The first-order chi connectivity index (χ1) is 16.5. The van der Waals surface area contributed by atoms with Crippen molar-refractivity contribution >= 4 is 40.0 Å². The predicted octanol–water partition coefficient (Wildman–Crippen LogP) is 4.10. The van der Waals surface area contributed by atoms with Gasteiger partial charge in [-0.25, -0.2) is 8.78 Å². The molecule has 5 aromatic rings. The fourth-order valence-corrected chi connectivity index (χ4v) is 4.38. The van der Waals surface area contributed by atoms with Crippen molar-refractivity contribution < 1.29 is 13.6 Å². The zero-order valence-corrected chi connectivity index (χ0v) is 18.4. The van der Waals surface area contributed by atoms with E-state index in [-0.39, 0.29) is 17.0 Å². The minimum Gasteiger partial charge on any atom is -0.325 e. The number of halogens is 2. The summed E-state index contributed by atoms with van der Waals surface area (Å²) in [6.45, 7) is 0.313. The molecule has 1 N–H and O–H groups in total. The summed E-state index contributed by atoms with van der Waals surface area (Å²) in [5, 5.41) is 11.9. The van der Waals surface area contributed by atoms with Crippen LogP contribution in [0.25, 0.3) is 16.7 Å². The van der Waals surface area contributed by atoms with Crippen LogP contribution in [0.2, 0.25) is 0 Å². The van der Waals surface area contributed by atoms with E-state index in [0.29, 0.717) is 28.4 Å². The summed E-state index contributed by atoms with van der Waals surface area (Å²) in [6, 6.07) is 19.8. The minimum absolute atomic E-state index is 0.0497. The van der Waals surface area contributed by atoms with Crippen LogP contribution in [0.3, 0.4) is 0 Å². The molecule has 0 atom stereocenters. The molecular formula is C24H17F2N5O2S. The molecule has 3 aromatic carbocycles. The maximum absolute atomic E-state index is 13.4. The molecule has 0 aliphatic carbocycles. The van der Waals surface area contributed by atoms with Crippen LogP contribution in [0.1, 0.15) is 5.56 Å². The van der Waals surface area contributed by atoms with Crippen LogP contribution >= 0.6 is 11.8 Å². The average Bonchev–Trinajstić information content (AvgIpc) is 3.27. The Morgan fingerprint density at radius 1 is 0.941 bits per heavy atom. The van der Waals surface area contributed by atoms with Crippen molar-refractivity contribution in [2.75, 3.05) is 11.1 Å². The third-order valence-electron chi connectivity index (χ3n) is 5.20. The van der Waals surface area contributed by atoms with Gasteiger partial charge in [-0.3, -0.25) is 18.6 Å². The van der Waals surface area contributed by atoms with Gasteiger partial charge in [0.05, 0.1) is 23.2 Å². The number of amides is 1. The second kappa shape index (κ2) is 9.06. The van der Waals surface area contributed by atoms with Gasteiger partial charge in [0.15, 0.2) is 16.8 Å². The Balaban J connectivity index is 1.48. The van der Waals surface area contributed by atoms with Crippen molar-refractivity contribution in [3.8, 4) is 0 Å². The standard InChI is InChI=1S/C24H17F2N5O2S/c25-18-11-10-16(12-19(18)26)27-21(32)14-34-24-29-28-23-30(13-15-6-2-1-3-7-15)22(33)17-8-4-5-9-20(17)31(23)24/h1-12H,13-14H2,(H,27,32). The Morgan fingerprint density at radius 2 is 1.71 bits per heavy atom. The molecule has 0 aliphatic rings. The van der Waals surface area contributed by atoms with E-state index in [0.717, 1.165) is 29.5 Å². The first-order valence-corrected chi connectivity index (χ1v) is 11.3.